The number of hydrogen-bond acceptors (Lipinski definition) is 1. The molecule has 1 aliphatic carbocycles. The van der Waals surface area contributed by atoms with E-state index in [0.29, 0.717) is 0 Å². The summed E-state index contributed by atoms with van der Waals surface area (Å²) in [5.74, 6) is 0. The molecule has 3 heteroatoms. The number of carbonyl (C=O) groups is 1. The molecule has 0 N–H and O–H groups in total. The Labute approximate surface area is 116 Å². The van der Waals surface area contributed by atoms with Gasteiger partial charge in [0.25, 0.3) is 5.24 Å². The number of carbonyl (C=O) groups excluding carboxylic acids is 1. The fourth-order valence-corrected chi connectivity index (χ4v) is 3.06. The first-order chi connectivity index (χ1) is 9.11. The Morgan fingerprint density at radius 3 is 1.68 bits per heavy atom. The lowest BCUT2D eigenvalue weighted by molar-refractivity contribution is -0.117. The van der Waals surface area contributed by atoms with Crippen LogP contribution in [0.4, 0.5) is 4.39 Å². The molecule has 0 saturated heterocycles. The molecule has 0 heterocycles. The van der Waals surface area contributed by atoms with Crippen LogP contribution in [0, 0.1) is 0 Å². The van der Waals surface area contributed by atoms with Gasteiger partial charge in [0.05, 0.1) is 5.41 Å². The van der Waals surface area contributed by atoms with Gasteiger partial charge in [-0.1, -0.05) is 60.7 Å². The van der Waals surface area contributed by atoms with Crippen LogP contribution in [-0.2, 0) is 10.2 Å². The van der Waals surface area contributed by atoms with Crippen molar-refractivity contribution < 1.29 is 9.18 Å². The van der Waals surface area contributed by atoms with Crippen LogP contribution in [0.1, 0.15) is 17.5 Å². The molecule has 2 aromatic carbocycles. The highest BCUT2D eigenvalue weighted by atomic mass is 35.5. The second-order valence-corrected chi connectivity index (χ2v) is 5.23. The van der Waals surface area contributed by atoms with Crippen LogP contribution in [0.2, 0.25) is 0 Å². The summed E-state index contributed by atoms with van der Waals surface area (Å²) in [5, 5.41) is -0.916. The van der Waals surface area contributed by atoms with Gasteiger partial charge in [0.15, 0.2) is 5.67 Å². The van der Waals surface area contributed by atoms with E-state index >= 15 is 0 Å². The SMILES string of the molecule is O=C(Cl)C1(F)CC1(c1ccccc1)c1ccccc1. The van der Waals surface area contributed by atoms with Crippen molar-refractivity contribution in [1.29, 1.82) is 0 Å². The van der Waals surface area contributed by atoms with Crippen LogP contribution in [0.25, 0.3) is 0 Å². The summed E-state index contributed by atoms with van der Waals surface area (Å²) < 4.78 is 14.8. The topological polar surface area (TPSA) is 17.1 Å². The predicted octanol–water partition coefficient (Wildman–Crippen LogP) is 3.85. The van der Waals surface area contributed by atoms with Crippen molar-refractivity contribution in [2.45, 2.75) is 17.5 Å². The van der Waals surface area contributed by atoms with E-state index in [9.17, 15) is 9.18 Å². The zero-order valence-electron chi connectivity index (χ0n) is 10.1. The number of benzene rings is 2. The maximum atomic E-state index is 14.8. The molecule has 0 aromatic heterocycles. The summed E-state index contributed by atoms with van der Waals surface area (Å²) in [6.07, 6.45) is 0.107. The Hall–Kier alpha value is -1.67. The van der Waals surface area contributed by atoms with E-state index in [1.165, 1.54) is 0 Å². The van der Waals surface area contributed by atoms with Crippen LogP contribution in [0.15, 0.2) is 60.7 Å². The molecule has 1 atom stereocenters. The average Bonchev–Trinajstić information content (AvgIpc) is 3.10. The Morgan fingerprint density at radius 1 is 0.947 bits per heavy atom. The van der Waals surface area contributed by atoms with E-state index in [-0.39, 0.29) is 6.42 Å². The van der Waals surface area contributed by atoms with Crippen LogP contribution in [-0.4, -0.2) is 10.9 Å². The van der Waals surface area contributed by atoms with Gasteiger partial charge in [0, 0.05) is 6.42 Å². The van der Waals surface area contributed by atoms with Gasteiger partial charge >= 0.3 is 0 Å². The fraction of sp³-hybridized carbons (Fsp3) is 0.188. The third-order valence-electron chi connectivity index (χ3n) is 3.90. The van der Waals surface area contributed by atoms with E-state index in [0.717, 1.165) is 11.1 Å². The second kappa shape index (κ2) is 4.17. The van der Waals surface area contributed by atoms with Crippen LogP contribution >= 0.6 is 11.6 Å². The third-order valence-corrected chi connectivity index (χ3v) is 4.20. The first-order valence-corrected chi connectivity index (χ1v) is 6.49. The minimum Gasteiger partial charge on any atom is -0.278 e. The van der Waals surface area contributed by atoms with Gasteiger partial charge in [-0.2, -0.15) is 0 Å². The second-order valence-electron chi connectivity index (χ2n) is 4.89. The van der Waals surface area contributed by atoms with Gasteiger partial charge in [-0.05, 0) is 22.7 Å². The Balaban J connectivity index is 2.18. The minimum atomic E-state index is -2.00. The standard InChI is InChI=1S/C16H12ClFO/c17-14(19)16(18)11-15(16,12-7-3-1-4-8-12)13-9-5-2-6-10-13/h1-10H,11H2. The lowest BCUT2D eigenvalue weighted by Gasteiger charge is -2.19. The number of rotatable bonds is 3. The predicted molar refractivity (Wildman–Crippen MR) is 73.0 cm³/mol. The minimum absolute atomic E-state index is 0.107. The summed E-state index contributed by atoms with van der Waals surface area (Å²) in [7, 11) is 0. The molecular formula is C16H12ClFO. The Kier molecular flexibility index (Phi) is 2.72. The first kappa shape index (κ1) is 12.4. The van der Waals surface area contributed by atoms with Gasteiger partial charge in [0.1, 0.15) is 0 Å². The van der Waals surface area contributed by atoms with Crippen molar-refractivity contribution in [3.05, 3.63) is 71.8 Å². The van der Waals surface area contributed by atoms with Crippen molar-refractivity contribution in [1.82, 2.24) is 0 Å². The highest BCUT2D eigenvalue weighted by Gasteiger charge is 2.74. The van der Waals surface area contributed by atoms with Crippen LogP contribution in [0.5, 0.6) is 0 Å². The van der Waals surface area contributed by atoms with Crippen molar-refractivity contribution in [3.8, 4) is 0 Å². The van der Waals surface area contributed by atoms with Crippen LogP contribution in [0.3, 0.4) is 0 Å². The quantitative estimate of drug-likeness (QED) is 0.777. The number of hydrogen-bond donors (Lipinski definition) is 0. The zero-order chi connectivity index (χ0) is 13.5. The summed E-state index contributed by atoms with van der Waals surface area (Å²) in [5.41, 5.74) is -1.36. The molecule has 1 aliphatic rings. The molecule has 0 aliphatic heterocycles. The van der Waals surface area contributed by atoms with Crippen LogP contribution < -0.4 is 0 Å². The van der Waals surface area contributed by atoms with E-state index in [2.05, 4.69) is 0 Å². The van der Waals surface area contributed by atoms with Crippen molar-refractivity contribution >= 4 is 16.8 Å². The molecule has 1 unspecified atom stereocenters. The molecule has 0 amide bonds. The Morgan fingerprint density at radius 2 is 1.37 bits per heavy atom. The molecular weight excluding hydrogens is 263 g/mol. The molecule has 1 fully saturated rings. The molecule has 3 rings (SSSR count). The van der Waals surface area contributed by atoms with Gasteiger partial charge in [-0.3, -0.25) is 4.79 Å². The largest absolute Gasteiger partial charge is 0.278 e. The monoisotopic (exact) mass is 274 g/mol. The van der Waals surface area contributed by atoms with E-state index in [1.54, 1.807) is 0 Å². The van der Waals surface area contributed by atoms with Gasteiger partial charge < -0.3 is 0 Å². The molecule has 96 valence electrons. The highest BCUT2D eigenvalue weighted by molar-refractivity contribution is 6.66. The van der Waals surface area contributed by atoms with Crippen molar-refractivity contribution in [2.24, 2.45) is 0 Å². The van der Waals surface area contributed by atoms with E-state index in [1.807, 2.05) is 60.7 Å². The van der Waals surface area contributed by atoms with Gasteiger partial charge in [-0.15, -0.1) is 0 Å². The molecule has 0 radical (unpaired) electrons. The zero-order valence-corrected chi connectivity index (χ0v) is 10.9. The molecule has 1 nitrogen and oxygen atoms in total. The maximum absolute atomic E-state index is 14.8. The summed E-state index contributed by atoms with van der Waals surface area (Å²) in [4.78, 5) is 11.5. The molecule has 1 saturated carbocycles. The van der Waals surface area contributed by atoms with Crippen molar-refractivity contribution in [2.75, 3.05) is 0 Å². The smallest absolute Gasteiger partial charge is 0.260 e. The molecule has 0 spiro atoms. The lowest BCUT2D eigenvalue weighted by atomic mass is 9.85. The molecule has 19 heavy (non-hydrogen) atoms. The maximum Gasteiger partial charge on any atom is 0.260 e. The van der Waals surface area contributed by atoms with Crippen molar-refractivity contribution in [3.63, 3.8) is 0 Å². The van der Waals surface area contributed by atoms with E-state index < -0.39 is 16.3 Å². The van der Waals surface area contributed by atoms with E-state index in [4.69, 9.17) is 11.6 Å². The lowest BCUT2D eigenvalue weighted by Crippen LogP contribution is -2.26. The fourth-order valence-electron chi connectivity index (χ4n) is 2.83. The summed E-state index contributed by atoms with van der Waals surface area (Å²) in [6, 6.07) is 18.5. The van der Waals surface area contributed by atoms with Gasteiger partial charge in [0.2, 0.25) is 0 Å². The highest BCUT2D eigenvalue weighted by Crippen LogP contribution is 2.65. The number of halogens is 2. The van der Waals surface area contributed by atoms with Gasteiger partial charge in [-0.25, -0.2) is 4.39 Å². The summed E-state index contributed by atoms with van der Waals surface area (Å²) >= 11 is 5.49. The summed E-state index contributed by atoms with van der Waals surface area (Å²) in [6.45, 7) is 0. The third kappa shape index (κ3) is 1.63. The Bertz CT molecular complexity index is 572. The first-order valence-electron chi connectivity index (χ1n) is 6.11. The molecule has 2 aromatic rings. The molecule has 0 bridgehead atoms. The number of alkyl halides is 1. The average molecular weight is 275 g/mol. The normalized spacial score (nSPS) is 23.9.